The highest BCUT2D eigenvalue weighted by Gasteiger charge is 2.29. The van der Waals surface area contributed by atoms with Crippen molar-refractivity contribution in [3.63, 3.8) is 0 Å². The minimum atomic E-state index is -0.978. The van der Waals surface area contributed by atoms with Gasteiger partial charge in [0.1, 0.15) is 5.02 Å². The fraction of sp³-hybridized carbons (Fsp3) is 0.429. The number of aromatic carboxylic acids is 1. The first kappa shape index (κ1) is 24.7. The molecule has 30 heavy (non-hydrogen) atoms. The fourth-order valence-electron chi connectivity index (χ4n) is 3.88. The molecule has 1 aromatic heterocycles. The van der Waals surface area contributed by atoms with Crippen molar-refractivity contribution in [1.29, 1.82) is 0 Å². The molecule has 9 heteroatoms. The normalized spacial score (nSPS) is 18.4. The molecule has 3 rings (SSSR count). The number of carboxylic acids is 1. The van der Waals surface area contributed by atoms with Crippen LogP contribution < -0.4 is 5.56 Å². The molecule has 0 saturated heterocycles. The lowest BCUT2D eigenvalue weighted by atomic mass is 10.1. The molecular formula is C21H25Cl3N2O4. The van der Waals surface area contributed by atoms with Crippen molar-refractivity contribution in [2.24, 2.45) is 0 Å². The highest BCUT2D eigenvalue weighted by Crippen LogP contribution is 2.26. The van der Waals surface area contributed by atoms with Crippen LogP contribution in [0.3, 0.4) is 0 Å². The summed E-state index contributed by atoms with van der Waals surface area (Å²) in [5.74, 6) is -0.978. The molecule has 0 bridgehead atoms. The number of carboxylic acid groups (broad SMARTS) is 1. The zero-order valence-electron chi connectivity index (χ0n) is 16.6. The minimum absolute atomic E-state index is 0. The van der Waals surface area contributed by atoms with Gasteiger partial charge in [-0.3, -0.25) is 9.69 Å². The van der Waals surface area contributed by atoms with Gasteiger partial charge in [0, 0.05) is 19.1 Å². The van der Waals surface area contributed by atoms with Gasteiger partial charge in [0.15, 0.2) is 0 Å². The van der Waals surface area contributed by atoms with E-state index < -0.39 is 5.97 Å². The monoisotopic (exact) mass is 474 g/mol. The van der Waals surface area contributed by atoms with Crippen molar-refractivity contribution in [3.8, 4) is 0 Å². The molecule has 1 aromatic carbocycles. The molecule has 0 unspecified atom stereocenters. The smallest absolute Gasteiger partial charge is 0.335 e. The van der Waals surface area contributed by atoms with Gasteiger partial charge >= 0.3 is 5.97 Å². The van der Waals surface area contributed by atoms with E-state index in [0.717, 1.165) is 24.8 Å². The second kappa shape index (κ2) is 10.6. The predicted octanol–water partition coefficient (Wildman–Crippen LogP) is 3.86. The first-order valence-electron chi connectivity index (χ1n) is 9.56. The number of likely N-dealkylation sites (N-methyl/N-ethyl adjacent to an activating group) is 1. The number of halogens is 3. The lowest BCUT2D eigenvalue weighted by molar-refractivity contribution is 0.0696. The van der Waals surface area contributed by atoms with Crippen LogP contribution in [0.25, 0.3) is 0 Å². The molecule has 1 aliphatic carbocycles. The summed E-state index contributed by atoms with van der Waals surface area (Å²) in [7, 11) is 1.92. The number of carbonyl (C=O) groups is 1. The van der Waals surface area contributed by atoms with Gasteiger partial charge in [0.25, 0.3) is 5.56 Å². The molecule has 1 fully saturated rings. The summed E-state index contributed by atoms with van der Waals surface area (Å²) in [5.41, 5.74) is 1.47. The molecule has 1 saturated carbocycles. The molecule has 1 heterocycles. The Kier molecular flexibility index (Phi) is 8.76. The highest BCUT2D eigenvalue weighted by atomic mass is 35.5. The maximum atomic E-state index is 12.7. The van der Waals surface area contributed by atoms with E-state index in [2.05, 4.69) is 0 Å². The summed E-state index contributed by atoms with van der Waals surface area (Å²) in [5, 5.41) is 19.7. The number of hydrogen-bond acceptors (Lipinski definition) is 4. The van der Waals surface area contributed by atoms with E-state index in [0.29, 0.717) is 30.2 Å². The van der Waals surface area contributed by atoms with Crippen molar-refractivity contribution >= 4 is 41.6 Å². The summed E-state index contributed by atoms with van der Waals surface area (Å²) in [6, 6.07) is 8.07. The Morgan fingerprint density at radius 3 is 2.43 bits per heavy atom. The van der Waals surface area contributed by atoms with E-state index in [9.17, 15) is 14.7 Å². The van der Waals surface area contributed by atoms with E-state index in [1.165, 1.54) is 6.07 Å². The fourth-order valence-corrected chi connectivity index (χ4v) is 4.42. The van der Waals surface area contributed by atoms with Gasteiger partial charge in [0.05, 0.1) is 22.4 Å². The van der Waals surface area contributed by atoms with E-state index in [1.807, 2.05) is 11.9 Å². The average molecular weight is 476 g/mol. The Hall–Kier alpha value is -1.57. The Morgan fingerprint density at radius 1 is 1.20 bits per heavy atom. The average Bonchev–Trinajstić information content (AvgIpc) is 3.12. The molecule has 0 amide bonds. The first-order chi connectivity index (χ1) is 13.8. The zero-order valence-corrected chi connectivity index (χ0v) is 18.9. The zero-order chi connectivity index (χ0) is 21.1. The molecule has 2 atom stereocenters. The van der Waals surface area contributed by atoms with Crippen LogP contribution in [0.5, 0.6) is 0 Å². The third kappa shape index (κ3) is 5.56. The predicted molar refractivity (Wildman–Crippen MR) is 120 cm³/mol. The van der Waals surface area contributed by atoms with E-state index in [-0.39, 0.29) is 40.7 Å². The second-order valence-electron chi connectivity index (χ2n) is 7.48. The second-order valence-corrected chi connectivity index (χ2v) is 8.29. The van der Waals surface area contributed by atoms with Crippen molar-refractivity contribution < 1.29 is 15.0 Å². The summed E-state index contributed by atoms with van der Waals surface area (Å²) < 4.78 is 1.58. The van der Waals surface area contributed by atoms with Crippen molar-refractivity contribution in [2.75, 3.05) is 7.05 Å². The van der Waals surface area contributed by atoms with Crippen LogP contribution in [0.4, 0.5) is 0 Å². The molecule has 164 valence electrons. The van der Waals surface area contributed by atoms with Gasteiger partial charge in [-0.1, -0.05) is 35.3 Å². The first-order valence-corrected chi connectivity index (χ1v) is 10.3. The van der Waals surface area contributed by atoms with Gasteiger partial charge in [0.2, 0.25) is 0 Å². The Labute approximate surface area is 191 Å². The molecule has 0 radical (unpaired) electrons. The number of aromatic nitrogens is 1. The molecule has 0 spiro atoms. The van der Waals surface area contributed by atoms with E-state index in [1.54, 1.807) is 28.8 Å². The van der Waals surface area contributed by atoms with Crippen molar-refractivity contribution in [3.05, 3.63) is 67.6 Å². The third-order valence-electron chi connectivity index (χ3n) is 5.54. The maximum Gasteiger partial charge on any atom is 0.335 e. The van der Waals surface area contributed by atoms with Gasteiger partial charge < -0.3 is 14.8 Å². The highest BCUT2D eigenvalue weighted by molar-refractivity contribution is 6.34. The van der Waals surface area contributed by atoms with Gasteiger partial charge in [-0.15, -0.1) is 12.4 Å². The van der Waals surface area contributed by atoms with Crippen LogP contribution in [0.1, 0.15) is 40.9 Å². The lowest BCUT2D eigenvalue weighted by Crippen LogP contribution is -2.39. The van der Waals surface area contributed by atoms with E-state index >= 15 is 0 Å². The van der Waals surface area contributed by atoms with E-state index in [4.69, 9.17) is 28.3 Å². The maximum absolute atomic E-state index is 12.7. The van der Waals surface area contributed by atoms with Gasteiger partial charge in [-0.2, -0.15) is 0 Å². The molecule has 2 N–H and O–H groups in total. The third-order valence-corrected chi connectivity index (χ3v) is 6.14. The number of aliphatic hydroxyl groups is 1. The van der Waals surface area contributed by atoms with Crippen LogP contribution in [0.2, 0.25) is 10.0 Å². The number of pyridine rings is 1. The lowest BCUT2D eigenvalue weighted by Gasteiger charge is -2.28. The summed E-state index contributed by atoms with van der Waals surface area (Å²) in [6.45, 7) is 0.785. The molecule has 2 aromatic rings. The van der Waals surface area contributed by atoms with Crippen LogP contribution >= 0.6 is 35.6 Å². The number of nitrogens with zero attached hydrogens (tertiary/aromatic N) is 2. The van der Waals surface area contributed by atoms with Crippen LogP contribution in [-0.4, -0.2) is 44.8 Å². The van der Waals surface area contributed by atoms with Crippen molar-refractivity contribution in [1.82, 2.24) is 9.47 Å². The summed E-state index contributed by atoms with van der Waals surface area (Å²) in [6.07, 6.45) is 2.81. The van der Waals surface area contributed by atoms with Crippen LogP contribution in [0, 0.1) is 0 Å². The number of benzene rings is 1. The standard InChI is InChI=1S/C21H24Cl2N2O4.ClH/c1-24(17-3-2-4-19(17)26)12-18-15(22)11-16(23)20(27)25(18)10-9-13-5-7-14(8-6-13)21(28)29;/h5-8,11,17,19,26H,2-4,9-10,12H2,1H3,(H,28,29);1H/t17-,19-;/m1./s1. The summed E-state index contributed by atoms with van der Waals surface area (Å²) >= 11 is 12.5. The Balaban J connectivity index is 0.00000320. The summed E-state index contributed by atoms with van der Waals surface area (Å²) in [4.78, 5) is 25.7. The molecule has 6 nitrogen and oxygen atoms in total. The number of hydrogen-bond donors (Lipinski definition) is 2. The number of rotatable bonds is 7. The van der Waals surface area contributed by atoms with Crippen LogP contribution in [0.15, 0.2) is 35.1 Å². The Morgan fingerprint density at radius 2 is 1.87 bits per heavy atom. The quantitative estimate of drug-likeness (QED) is 0.635. The largest absolute Gasteiger partial charge is 0.478 e. The van der Waals surface area contributed by atoms with Crippen molar-refractivity contribution in [2.45, 2.75) is 50.9 Å². The van der Waals surface area contributed by atoms with Crippen LogP contribution in [-0.2, 0) is 19.5 Å². The molecular weight excluding hydrogens is 451 g/mol. The Bertz CT molecular complexity index is 947. The van der Waals surface area contributed by atoms with Gasteiger partial charge in [-0.05, 0) is 56.5 Å². The van der Waals surface area contributed by atoms with Gasteiger partial charge in [-0.25, -0.2) is 4.79 Å². The SMILES string of the molecule is CN(Cc1c(Cl)cc(Cl)c(=O)n1CCc1ccc(C(=O)O)cc1)[C@@H]1CCC[C@H]1O.Cl. The minimum Gasteiger partial charge on any atom is -0.478 e. The topological polar surface area (TPSA) is 82.8 Å². The molecule has 0 aliphatic heterocycles. The number of aliphatic hydroxyl groups excluding tert-OH is 1. The molecule has 1 aliphatic rings. The number of aryl methyl sites for hydroxylation is 1.